The third-order valence-corrected chi connectivity index (χ3v) is 5.66. The van der Waals surface area contributed by atoms with Gasteiger partial charge < -0.3 is 15.5 Å². The molecule has 3 aromatic carbocycles. The molecule has 3 aromatic rings. The molecule has 2 N–H and O–H groups in total. The minimum atomic E-state index is -2.32. The largest absolute Gasteiger partial charge is 0.369 e. The van der Waals surface area contributed by atoms with Crippen molar-refractivity contribution in [3.63, 3.8) is 0 Å². The molecule has 5 nitrogen and oxygen atoms in total. The van der Waals surface area contributed by atoms with Crippen molar-refractivity contribution in [3.05, 3.63) is 101 Å². The molecule has 34 heavy (non-hydrogen) atoms. The summed E-state index contributed by atoms with van der Waals surface area (Å²) in [4.78, 5) is 28.6. The first-order chi connectivity index (χ1) is 17.3. The second kappa shape index (κ2) is 11.0. The first-order valence-electron chi connectivity index (χ1n) is 12.1. The van der Waals surface area contributed by atoms with Gasteiger partial charge in [-0.05, 0) is 47.8 Å². The number of anilines is 1. The standard InChI is InChI=1S/C27H27F2N3O2/c28-21-10-11-25(32-14-12-30-13-15-32)20(17-21)18-26(33)24(16-19-6-2-1-3-7-19)31-27(34)22-8-4-5-9-23(22)29/h1-11,17,24,30H,12-16,18H2,(H,31,34)/i16D2. The van der Waals surface area contributed by atoms with Gasteiger partial charge in [0.25, 0.3) is 5.91 Å². The maximum absolute atomic E-state index is 14.3. The number of nitrogens with zero attached hydrogens (tertiary/aromatic N) is 1. The SMILES string of the molecule is [2H]C([2H])(c1ccccc1)C(NC(=O)c1ccccc1F)C(=O)Cc1cc(F)ccc1N1CCNCC1. The lowest BCUT2D eigenvalue weighted by molar-refractivity contribution is -0.120. The summed E-state index contributed by atoms with van der Waals surface area (Å²) in [6, 6.07) is 15.8. The van der Waals surface area contributed by atoms with E-state index in [4.69, 9.17) is 2.74 Å². The van der Waals surface area contributed by atoms with Crippen molar-refractivity contribution >= 4 is 17.4 Å². The minimum absolute atomic E-state index is 0.179. The van der Waals surface area contributed by atoms with Crippen LogP contribution in [0.4, 0.5) is 14.5 Å². The Morgan fingerprint density at radius 2 is 1.71 bits per heavy atom. The van der Waals surface area contributed by atoms with Crippen LogP contribution in [0.5, 0.6) is 0 Å². The van der Waals surface area contributed by atoms with Crippen LogP contribution in [0.15, 0.2) is 72.8 Å². The number of Topliss-reactive ketones (excluding diaryl/α,β-unsaturated/α-hetero) is 1. The van der Waals surface area contributed by atoms with Crippen LogP contribution in [0.3, 0.4) is 0 Å². The van der Waals surface area contributed by atoms with Crippen molar-refractivity contribution in [1.82, 2.24) is 10.6 Å². The van der Waals surface area contributed by atoms with Crippen molar-refractivity contribution in [3.8, 4) is 0 Å². The Balaban J connectivity index is 1.68. The Bertz CT molecular complexity index is 1230. The molecule has 0 radical (unpaired) electrons. The van der Waals surface area contributed by atoms with Crippen LogP contribution >= 0.6 is 0 Å². The van der Waals surface area contributed by atoms with E-state index in [1.807, 2.05) is 4.90 Å². The van der Waals surface area contributed by atoms with E-state index in [1.54, 1.807) is 24.3 Å². The molecule has 0 bridgehead atoms. The van der Waals surface area contributed by atoms with E-state index >= 15 is 0 Å². The number of nitrogens with one attached hydrogen (secondary N) is 2. The predicted octanol–water partition coefficient (Wildman–Crippen LogP) is 3.53. The van der Waals surface area contributed by atoms with Gasteiger partial charge in [0.2, 0.25) is 0 Å². The number of rotatable bonds is 8. The summed E-state index contributed by atoms with van der Waals surface area (Å²) in [5, 5.41) is 5.67. The Hall–Kier alpha value is -3.58. The van der Waals surface area contributed by atoms with Gasteiger partial charge in [0.05, 0.1) is 11.6 Å². The number of hydrogen-bond acceptors (Lipinski definition) is 4. The number of carbonyl (C=O) groups is 2. The van der Waals surface area contributed by atoms with Gasteiger partial charge in [0, 0.05) is 41.0 Å². The molecule has 1 aliphatic heterocycles. The molecule has 1 unspecified atom stereocenters. The van der Waals surface area contributed by atoms with Crippen molar-refractivity contribution in [1.29, 1.82) is 0 Å². The highest BCUT2D eigenvalue weighted by Gasteiger charge is 2.25. The van der Waals surface area contributed by atoms with Crippen LogP contribution in [-0.2, 0) is 17.6 Å². The number of carbonyl (C=O) groups excluding carboxylic acids is 2. The first kappa shape index (κ1) is 21.0. The van der Waals surface area contributed by atoms with Gasteiger partial charge in [-0.25, -0.2) is 8.78 Å². The molecule has 7 heteroatoms. The Morgan fingerprint density at radius 3 is 2.44 bits per heavy atom. The van der Waals surface area contributed by atoms with E-state index in [-0.39, 0.29) is 17.5 Å². The summed E-state index contributed by atoms with van der Waals surface area (Å²) in [6.07, 6.45) is -2.63. The first-order valence-corrected chi connectivity index (χ1v) is 11.1. The van der Waals surface area contributed by atoms with E-state index in [1.165, 1.54) is 42.5 Å². The van der Waals surface area contributed by atoms with Crippen LogP contribution in [0, 0.1) is 11.6 Å². The number of hydrogen-bond donors (Lipinski definition) is 2. The average Bonchev–Trinajstić information content (AvgIpc) is 2.88. The molecular weight excluding hydrogens is 436 g/mol. The molecular formula is C27H27F2N3O2. The van der Waals surface area contributed by atoms with Crippen LogP contribution in [0.25, 0.3) is 0 Å². The fraction of sp³-hybridized carbons (Fsp3) is 0.259. The Labute approximate surface area is 200 Å². The summed E-state index contributed by atoms with van der Waals surface area (Å²) in [7, 11) is 0. The van der Waals surface area contributed by atoms with Gasteiger partial charge in [0.1, 0.15) is 11.6 Å². The summed E-state index contributed by atoms with van der Waals surface area (Å²) in [5.41, 5.74) is 0.965. The van der Waals surface area contributed by atoms with Crippen molar-refractivity contribution < 1.29 is 21.1 Å². The summed E-state index contributed by atoms with van der Waals surface area (Å²) in [6.45, 7) is 2.82. The molecule has 1 fully saturated rings. The third-order valence-electron chi connectivity index (χ3n) is 5.66. The quantitative estimate of drug-likeness (QED) is 0.535. The molecule has 0 saturated carbocycles. The highest BCUT2D eigenvalue weighted by molar-refractivity contribution is 5.98. The van der Waals surface area contributed by atoms with Crippen LogP contribution < -0.4 is 15.5 Å². The van der Waals surface area contributed by atoms with E-state index in [0.29, 0.717) is 24.3 Å². The summed E-state index contributed by atoms with van der Waals surface area (Å²) < 4.78 is 46.0. The average molecular weight is 466 g/mol. The van der Waals surface area contributed by atoms with E-state index in [9.17, 15) is 18.4 Å². The normalized spacial score (nSPS) is 15.8. The Kier molecular flexibility index (Phi) is 6.81. The molecule has 0 spiro atoms. The van der Waals surface area contributed by atoms with Gasteiger partial charge in [-0.15, -0.1) is 0 Å². The van der Waals surface area contributed by atoms with Crippen molar-refractivity contribution in [2.45, 2.75) is 18.8 Å². The number of benzene rings is 3. The highest BCUT2D eigenvalue weighted by Crippen LogP contribution is 2.24. The number of halogens is 2. The maximum Gasteiger partial charge on any atom is 0.254 e. The molecule has 4 rings (SSSR count). The lowest BCUT2D eigenvalue weighted by Gasteiger charge is -2.31. The molecule has 1 aliphatic rings. The van der Waals surface area contributed by atoms with E-state index < -0.39 is 35.7 Å². The fourth-order valence-corrected chi connectivity index (χ4v) is 3.95. The fourth-order valence-electron chi connectivity index (χ4n) is 3.95. The number of ketones is 1. The van der Waals surface area contributed by atoms with Crippen molar-refractivity contribution in [2.24, 2.45) is 0 Å². The maximum atomic E-state index is 14.3. The van der Waals surface area contributed by atoms with Crippen LogP contribution in [-0.4, -0.2) is 43.9 Å². The van der Waals surface area contributed by atoms with Gasteiger partial charge in [-0.3, -0.25) is 9.59 Å². The third kappa shape index (κ3) is 5.85. The number of piperazine rings is 1. The van der Waals surface area contributed by atoms with Gasteiger partial charge >= 0.3 is 0 Å². The number of amides is 1. The van der Waals surface area contributed by atoms with Crippen LogP contribution in [0.2, 0.25) is 0 Å². The second-order valence-corrected chi connectivity index (χ2v) is 8.05. The topological polar surface area (TPSA) is 61.4 Å². The molecule has 1 saturated heterocycles. The zero-order valence-corrected chi connectivity index (χ0v) is 18.6. The Morgan fingerprint density at radius 1 is 1.00 bits per heavy atom. The molecule has 0 aromatic heterocycles. The van der Waals surface area contributed by atoms with Gasteiger partial charge in [0.15, 0.2) is 5.78 Å². The van der Waals surface area contributed by atoms with Gasteiger partial charge in [-0.2, -0.15) is 0 Å². The summed E-state index contributed by atoms with van der Waals surface area (Å²) in [5.74, 6) is -2.87. The minimum Gasteiger partial charge on any atom is -0.369 e. The highest BCUT2D eigenvalue weighted by atomic mass is 19.1. The monoisotopic (exact) mass is 465 g/mol. The lowest BCUT2D eigenvalue weighted by atomic mass is 9.96. The van der Waals surface area contributed by atoms with E-state index in [0.717, 1.165) is 19.2 Å². The smallest absolute Gasteiger partial charge is 0.254 e. The predicted molar refractivity (Wildman–Crippen MR) is 128 cm³/mol. The summed E-state index contributed by atoms with van der Waals surface area (Å²) >= 11 is 0. The molecule has 1 amide bonds. The molecule has 1 heterocycles. The molecule has 176 valence electrons. The van der Waals surface area contributed by atoms with Crippen LogP contribution in [0.1, 0.15) is 24.2 Å². The molecule has 1 atom stereocenters. The van der Waals surface area contributed by atoms with E-state index in [2.05, 4.69) is 10.6 Å². The lowest BCUT2D eigenvalue weighted by Crippen LogP contribution is -2.45. The molecule has 0 aliphatic carbocycles. The zero-order chi connectivity index (χ0) is 25.7. The van der Waals surface area contributed by atoms with Crippen molar-refractivity contribution in [2.75, 3.05) is 31.1 Å². The second-order valence-electron chi connectivity index (χ2n) is 8.05. The zero-order valence-electron chi connectivity index (χ0n) is 20.6. The van der Waals surface area contributed by atoms with Gasteiger partial charge in [-0.1, -0.05) is 42.5 Å².